The van der Waals surface area contributed by atoms with Gasteiger partial charge in [-0.2, -0.15) is 4.98 Å². The van der Waals surface area contributed by atoms with Crippen LogP contribution < -0.4 is 5.32 Å². The van der Waals surface area contributed by atoms with Gasteiger partial charge in [0.15, 0.2) is 5.82 Å². The number of halogens is 1. The maximum Gasteiger partial charge on any atom is 0.260 e. The van der Waals surface area contributed by atoms with Gasteiger partial charge >= 0.3 is 0 Å². The van der Waals surface area contributed by atoms with E-state index in [0.29, 0.717) is 24.5 Å². The van der Waals surface area contributed by atoms with Crippen LogP contribution in [0.4, 0.5) is 4.39 Å². The zero-order valence-electron chi connectivity index (χ0n) is 10.5. The van der Waals surface area contributed by atoms with E-state index >= 15 is 0 Å². The molecule has 2 heterocycles. The molecule has 2 aromatic heterocycles. The van der Waals surface area contributed by atoms with Crippen LogP contribution in [0, 0.1) is 5.82 Å². The van der Waals surface area contributed by atoms with Crippen molar-refractivity contribution in [3.05, 3.63) is 60.1 Å². The molecule has 20 heavy (non-hydrogen) atoms. The number of nitrogens with zero attached hydrogens (tertiary/aromatic N) is 2. The van der Waals surface area contributed by atoms with E-state index in [1.165, 1.54) is 6.07 Å². The summed E-state index contributed by atoms with van der Waals surface area (Å²) < 4.78 is 23.8. The van der Waals surface area contributed by atoms with Crippen LogP contribution in [-0.2, 0) is 13.1 Å². The Morgan fingerprint density at radius 2 is 2.00 bits per heavy atom. The van der Waals surface area contributed by atoms with Crippen LogP contribution in [-0.4, -0.2) is 10.1 Å². The summed E-state index contributed by atoms with van der Waals surface area (Å²) in [6, 6.07) is 9.98. The number of nitrogens with one attached hydrogen (secondary N) is 1. The Hall–Kier alpha value is -2.47. The zero-order valence-corrected chi connectivity index (χ0v) is 10.5. The Labute approximate surface area is 114 Å². The molecule has 0 aliphatic carbocycles. The molecule has 0 bridgehead atoms. The molecule has 0 saturated carbocycles. The molecule has 1 aromatic carbocycles. The van der Waals surface area contributed by atoms with Gasteiger partial charge in [-0.15, -0.1) is 0 Å². The van der Waals surface area contributed by atoms with Gasteiger partial charge in [0.2, 0.25) is 0 Å². The normalized spacial score (nSPS) is 10.8. The largest absolute Gasteiger partial charge is 0.468 e. The summed E-state index contributed by atoms with van der Waals surface area (Å²) in [4.78, 5) is 4.15. The van der Waals surface area contributed by atoms with Crippen LogP contribution in [0.25, 0.3) is 11.5 Å². The van der Waals surface area contributed by atoms with Gasteiger partial charge in [-0.1, -0.05) is 17.3 Å². The van der Waals surface area contributed by atoms with Crippen LogP contribution in [0.2, 0.25) is 0 Å². The molecule has 1 N–H and O–H groups in total. The van der Waals surface area contributed by atoms with Crippen molar-refractivity contribution in [2.45, 2.75) is 13.1 Å². The molecule has 6 heteroatoms. The molecule has 102 valence electrons. The molecule has 0 aliphatic heterocycles. The van der Waals surface area contributed by atoms with Crippen LogP contribution in [0.15, 0.2) is 51.6 Å². The first-order valence-corrected chi connectivity index (χ1v) is 6.13. The second kappa shape index (κ2) is 5.66. The average molecular weight is 273 g/mol. The third kappa shape index (κ3) is 2.75. The van der Waals surface area contributed by atoms with E-state index in [1.54, 1.807) is 24.5 Å². The van der Waals surface area contributed by atoms with Crippen molar-refractivity contribution < 1.29 is 13.3 Å². The highest BCUT2D eigenvalue weighted by Gasteiger charge is 2.12. The molecule has 0 amide bonds. The number of aromatic nitrogens is 2. The van der Waals surface area contributed by atoms with Gasteiger partial charge in [0.1, 0.15) is 11.6 Å². The van der Waals surface area contributed by atoms with Crippen molar-refractivity contribution in [3.8, 4) is 11.5 Å². The molecule has 0 spiro atoms. The summed E-state index contributed by atoms with van der Waals surface area (Å²) in [5, 5.41) is 6.92. The predicted molar refractivity (Wildman–Crippen MR) is 68.9 cm³/mol. The van der Waals surface area contributed by atoms with Crippen LogP contribution in [0.3, 0.4) is 0 Å². The Bertz CT molecular complexity index is 679. The van der Waals surface area contributed by atoms with Gasteiger partial charge < -0.3 is 14.3 Å². The molecule has 0 fully saturated rings. The van der Waals surface area contributed by atoms with E-state index in [9.17, 15) is 4.39 Å². The van der Waals surface area contributed by atoms with E-state index in [-0.39, 0.29) is 11.7 Å². The van der Waals surface area contributed by atoms with Gasteiger partial charge in [0, 0.05) is 0 Å². The summed E-state index contributed by atoms with van der Waals surface area (Å²) in [5.74, 6) is 1.08. The zero-order chi connectivity index (χ0) is 13.8. The van der Waals surface area contributed by atoms with E-state index < -0.39 is 0 Å². The molecule has 0 saturated heterocycles. The van der Waals surface area contributed by atoms with Crippen LogP contribution in [0.5, 0.6) is 0 Å². The summed E-state index contributed by atoms with van der Waals surface area (Å²) >= 11 is 0. The third-order valence-corrected chi connectivity index (χ3v) is 2.73. The predicted octanol–water partition coefficient (Wildman–Crippen LogP) is 2.76. The fraction of sp³-hybridized carbons (Fsp3) is 0.143. The van der Waals surface area contributed by atoms with Crippen molar-refractivity contribution in [1.29, 1.82) is 0 Å². The standard InChI is InChI=1S/C14H12FN3O2/c15-12-6-2-1-5-11(12)14-17-13(18-20-14)9-16-8-10-4-3-7-19-10/h1-7,16H,8-9H2. The third-order valence-electron chi connectivity index (χ3n) is 2.73. The monoisotopic (exact) mass is 273 g/mol. The maximum atomic E-state index is 13.6. The fourth-order valence-corrected chi connectivity index (χ4v) is 1.78. The van der Waals surface area contributed by atoms with E-state index in [2.05, 4.69) is 15.5 Å². The van der Waals surface area contributed by atoms with Gasteiger partial charge in [-0.25, -0.2) is 4.39 Å². The quantitative estimate of drug-likeness (QED) is 0.774. The lowest BCUT2D eigenvalue weighted by atomic mass is 10.2. The first kappa shape index (κ1) is 12.6. The van der Waals surface area contributed by atoms with Crippen molar-refractivity contribution in [2.24, 2.45) is 0 Å². The molecule has 0 aliphatic rings. The highest BCUT2D eigenvalue weighted by Crippen LogP contribution is 2.20. The SMILES string of the molecule is Fc1ccccc1-c1nc(CNCc2ccco2)no1. The van der Waals surface area contributed by atoms with Gasteiger partial charge in [-0.3, -0.25) is 0 Å². The number of hydrogen-bond donors (Lipinski definition) is 1. The van der Waals surface area contributed by atoms with Crippen LogP contribution >= 0.6 is 0 Å². The van der Waals surface area contributed by atoms with Gasteiger partial charge in [0.25, 0.3) is 5.89 Å². The van der Waals surface area contributed by atoms with Crippen molar-refractivity contribution in [2.75, 3.05) is 0 Å². The minimum Gasteiger partial charge on any atom is -0.468 e. The Morgan fingerprint density at radius 1 is 1.10 bits per heavy atom. The smallest absolute Gasteiger partial charge is 0.260 e. The van der Waals surface area contributed by atoms with Gasteiger partial charge in [-0.05, 0) is 24.3 Å². The highest BCUT2D eigenvalue weighted by atomic mass is 19.1. The molecule has 0 radical (unpaired) electrons. The van der Waals surface area contributed by atoms with Crippen LogP contribution in [0.1, 0.15) is 11.6 Å². The number of benzene rings is 1. The molecule has 3 rings (SSSR count). The minimum atomic E-state index is -0.383. The maximum absolute atomic E-state index is 13.6. The van der Waals surface area contributed by atoms with Gasteiger partial charge in [0.05, 0.1) is 24.9 Å². The minimum absolute atomic E-state index is 0.179. The topological polar surface area (TPSA) is 64.1 Å². The first-order chi connectivity index (χ1) is 9.83. The van der Waals surface area contributed by atoms with E-state index in [1.807, 2.05) is 12.1 Å². The fourth-order valence-electron chi connectivity index (χ4n) is 1.78. The van der Waals surface area contributed by atoms with Crippen molar-refractivity contribution in [1.82, 2.24) is 15.5 Å². The second-order valence-corrected chi connectivity index (χ2v) is 4.18. The number of hydrogen-bond acceptors (Lipinski definition) is 5. The molecular formula is C14H12FN3O2. The number of furan rings is 1. The lowest BCUT2D eigenvalue weighted by Gasteiger charge is -1.97. The Morgan fingerprint density at radius 3 is 2.80 bits per heavy atom. The summed E-state index contributed by atoms with van der Waals surface area (Å²) in [6.45, 7) is 0.981. The molecular weight excluding hydrogens is 261 g/mol. The molecule has 0 unspecified atom stereocenters. The summed E-state index contributed by atoms with van der Waals surface area (Å²) in [5.41, 5.74) is 0.303. The Kier molecular flexibility index (Phi) is 3.56. The van der Waals surface area contributed by atoms with E-state index in [4.69, 9.17) is 8.94 Å². The second-order valence-electron chi connectivity index (χ2n) is 4.18. The number of rotatable bonds is 5. The lowest BCUT2D eigenvalue weighted by molar-refractivity contribution is 0.414. The molecule has 3 aromatic rings. The highest BCUT2D eigenvalue weighted by molar-refractivity contribution is 5.53. The summed E-state index contributed by atoms with van der Waals surface area (Å²) in [6.07, 6.45) is 1.61. The average Bonchev–Trinajstić information content (AvgIpc) is 3.11. The lowest BCUT2D eigenvalue weighted by Crippen LogP contribution is -2.13. The first-order valence-electron chi connectivity index (χ1n) is 6.13. The van der Waals surface area contributed by atoms with Crippen molar-refractivity contribution in [3.63, 3.8) is 0 Å². The molecule has 0 atom stereocenters. The van der Waals surface area contributed by atoms with E-state index in [0.717, 1.165) is 5.76 Å². The van der Waals surface area contributed by atoms with Crippen molar-refractivity contribution >= 4 is 0 Å². The molecule has 5 nitrogen and oxygen atoms in total. The Balaban J connectivity index is 1.64. The summed E-state index contributed by atoms with van der Waals surface area (Å²) in [7, 11) is 0.